The number of carbonyl (C=O) groups excluding carboxylic acids is 1. The van der Waals surface area contributed by atoms with Crippen LogP contribution in [0.5, 0.6) is 5.75 Å². The van der Waals surface area contributed by atoms with Gasteiger partial charge in [0, 0.05) is 26.4 Å². The fraction of sp³-hybridized carbons (Fsp3) is 0.211. The molecular formula is C19H18Br2N2O2. The highest BCUT2D eigenvalue weighted by atomic mass is 79.9. The number of ether oxygens (including phenoxy) is 1. The summed E-state index contributed by atoms with van der Waals surface area (Å²) in [6.45, 7) is 1.35. The van der Waals surface area contributed by atoms with Crippen molar-refractivity contribution < 1.29 is 9.53 Å². The Hall–Kier alpha value is -1.63. The quantitative estimate of drug-likeness (QED) is 0.543. The average molecular weight is 466 g/mol. The number of hydrogen-bond acceptors (Lipinski definition) is 3. The predicted molar refractivity (Wildman–Crippen MR) is 108 cm³/mol. The summed E-state index contributed by atoms with van der Waals surface area (Å²) < 4.78 is 9.36. The van der Waals surface area contributed by atoms with Crippen molar-refractivity contribution >= 4 is 48.7 Å². The third-order valence-corrected chi connectivity index (χ3v) is 4.88. The van der Waals surface area contributed by atoms with E-state index in [2.05, 4.69) is 36.8 Å². The minimum atomic E-state index is -0.0870. The van der Waals surface area contributed by atoms with Gasteiger partial charge in [-0.1, -0.05) is 34.1 Å². The molecule has 25 heavy (non-hydrogen) atoms. The van der Waals surface area contributed by atoms with Crippen molar-refractivity contribution in [1.29, 1.82) is 0 Å². The topological polar surface area (TPSA) is 34.5 Å². The highest BCUT2D eigenvalue weighted by Crippen LogP contribution is 2.36. The molecule has 0 saturated carbocycles. The SMILES string of the molecule is CN(C)CCOc1cn(C(=O)c2ccccc2)c2c(Br)cc(Br)cc12. The molecule has 0 radical (unpaired) electrons. The van der Waals surface area contributed by atoms with Gasteiger partial charge in [-0.05, 0) is 54.3 Å². The van der Waals surface area contributed by atoms with E-state index in [-0.39, 0.29) is 5.91 Å². The molecule has 3 rings (SSSR count). The van der Waals surface area contributed by atoms with Crippen LogP contribution in [0.2, 0.25) is 0 Å². The summed E-state index contributed by atoms with van der Waals surface area (Å²) in [4.78, 5) is 15.0. The molecule has 0 aliphatic heterocycles. The summed E-state index contributed by atoms with van der Waals surface area (Å²) in [7, 11) is 4.00. The third-order valence-electron chi connectivity index (χ3n) is 3.82. The molecule has 0 bridgehead atoms. The van der Waals surface area contributed by atoms with E-state index in [1.54, 1.807) is 10.8 Å². The number of halogens is 2. The van der Waals surface area contributed by atoms with Gasteiger partial charge in [0.2, 0.25) is 0 Å². The minimum absolute atomic E-state index is 0.0870. The van der Waals surface area contributed by atoms with Gasteiger partial charge < -0.3 is 9.64 Å². The molecule has 0 fully saturated rings. The van der Waals surface area contributed by atoms with E-state index < -0.39 is 0 Å². The number of hydrogen-bond donors (Lipinski definition) is 0. The summed E-state index contributed by atoms with van der Waals surface area (Å²) >= 11 is 7.09. The third kappa shape index (κ3) is 3.97. The van der Waals surface area contributed by atoms with Crippen LogP contribution in [0, 0.1) is 0 Å². The Morgan fingerprint density at radius 3 is 2.56 bits per heavy atom. The predicted octanol–water partition coefficient (Wildman–Crippen LogP) is 4.80. The Labute approximate surface area is 163 Å². The van der Waals surface area contributed by atoms with Crippen molar-refractivity contribution in [3.63, 3.8) is 0 Å². The fourth-order valence-corrected chi connectivity index (χ4v) is 4.00. The van der Waals surface area contributed by atoms with Crippen molar-refractivity contribution in [1.82, 2.24) is 9.47 Å². The molecule has 0 aliphatic carbocycles. The van der Waals surface area contributed by atoms with Gasteiger partial charge in [0.1, 0.15) is 12.4 Å². The van der Waals surface area contributed by atoms with Gasteiger partial charge >= 0.3 is 0 Å². The lowest BCUT2D eigenvalue weighted by molar-refractivity contribution is 0.0964. The lowest BCUT2D eigenvalue weighted by Gasteiger charge is -2.10. The van der Waals surface area contributed by atoms with Gasteiger partial charge in [0.25, 0.3) is 5.91 Å². The van der Waals surface area contributed by atoms with Crippen LogP contribution in [0.3, 0.4) is 0 Å². The van der Waals surface area contributed by atoms with Crippen LogP contribution in [0.1, 0.15) is 10.4 Å². The molecule has 0 aliphatic rings. The molecular weight excluding hydrogens is 448 g/mol. The van der Waals surface area contributed by atoms with E-state index in [9.17, 15) is 4.79 Å². The van der Waals surface area contributed by atoms with Crippen molar-refractivity contribution in [2.24, 2.45) is 0 Å². The smallest absolute Gasteiger partial charge is 0.262 e. The van der Waals surface area contributed by atoms with E-state index in [1.807, 2.05) is 56.6 Å². The number of likely N-dealkylation sites (N-methyl/N-ethyl adjacent to an activating group) is 1. The van der Waals surface area contributed by atoms with Crippen LogP contribution in [0.25, 0.3) is 10.9 Å². The van der Waals surface area contributed by atoms with Crippen LogP contribution in [-0.2, 0) is 0 Å². The summed E-state index contributed by atoms with van der Waals surface area (Å²) in [6.07, 6.45) is 1.77. The number of carbonyl (C=O) groups is 1. The Kier molecular flexibility index (Phi) is 5.61. The minimum Gasteiger partial charge on any atom is -0.490 e. The molecule has 0 unspecified atom stereocenters. The maximum absolute atomic E-state index is 13.0. The lowest BCUT2D eigenvalue weighted by atomic mass is 10.2. The highest BCUT2D eigenvalue weighted by molar-refractivity contribution is 9.11. The van der Waals surface area contributed by atoms with Crippen LogP contribution in [0.15, 0.2) is 57.6 Å². The molecule has 2 aromatic carbocycles. The lowest BCUT2D eigenvalue weighted by Crippen LogP contribution is -2.19. The van der Waals surface area contributed by atoms with Gasteiger partial charge in [-0.2, -0.15) is 0 Å². The first-order chi connectivity index (χ1) is 12.0. The number of benzene rings is 2. The number of rotatable bonds is 5. The van der Waals surface area contributed by atoms with Crippen molar-refractivity contribution in [2.45, 2.75) is 0 Å². The standard InChI is InChI=1S/C19H18Br2N2O2/c1-22(2)8-9-25-17-12-23(19(24)13-6-4-3-5-7-13)18-15(17)10-14(20)11-16(18)21/h3-7,10-12H,8-9H2,1-2H3. The van der Waals surface area contributed by atoms with E-state index >= 15 is 0 Å². The van der Waals surface area contributed by atoms with E-state index in [0.29, 0.717) is 17.9 Å². The molecule has 0 atom stereocenters. The Balaban J connectivity index is 2.07. The number of aromatic nitrogens is 1. The first-order valence-corrected chi connectivity index (χ1v) is 9.43. The second-order valence-corrected chi connectivity index (χ2v) is 7.74. The van der Waals surface area contributed by atoms with Gasteiger partial charge in [0.05, 0.1) is 11.7 Å². The van der Waals surface area contributed by atoms with Crippen molar-refractivity contribution in [3.8, 4) is 5.75 Å². The Bertz CT molecular complexity index is 905. The second kappa shape index (κ2) is 7.72. The zero-order valence-electron chi connectivity index (χ0n) is 14.0. The van der Waals surface area contributed by atoms with Crippen LogP contribution < -0.4 is 4.74 Å². The van der Waals surface area contributed by atoms with Crippen molar-refractivity contribution in [3.05, 3.63) is 63.2 Å². The van der Waals surface area contributed by atoms with Crippen molar-refractivity contribution in [2.75, 3.05) is 27.2 Å². The fourth-order valence-electron chi connectivity index (χ4n) is 2.58. The first-order valence-electron chi connectivity index (χ1n) is 7.85. The maximum Gasteiger partial charge on any atom is 0.262 e. The summed E-state index contributed by atoms with van der Waals surface area (Å²) in [5, 5.41) is 0.893. The molecule has 0 spiro atoms. The Morgan fingerprint density at radius 1 is 1.16 bits per heavy atom. The van der Waals surface area contributed by atoms with Crippen LogP contribution >= 0.6 is 31.9 Å². The molecule has 4 nitrogen and oxygen atoms in total. The molecule has 3 aromatic rings. The molecule has 0 saturated heterocycles. The van der Waals surface area contributed by atoms with E-state index in [0.717, 1.165) is 26.4 Å². The molecule has 1 heterocycles. The van der Waals surface area contributed by atoms with Gasteiger partial charge in [-0.25, -0.2) is 0 Å². The molecule has 6 heteroatoms. The average Bonchev–Trinajstić information content (AvgIpc) is 2.93. The van der Waals surface area contributed by atoms with Crippen LogP contribution in [0.4, 0.5) is 0 Å². The molecule has 0 amide bonds. The van der Waals surface area contributed by atoms with Gasteiger partial charge in [-0.15, -0.1) is 0 Å². The van der Waals surface area contributed by atoms with Gasteiger partial charge in [-0.3, -0.25) is 9.36 Å². The Morgan fingerprint density at radius 2 is 1.88 bits per heavy atom. The van der Waals surface area contributed by atoms with E-state index in [1.165, 1.54) is 0 Å². The second-order valence-electron chi connectivity index (χ2n) is 5.97. The highest BCUT2D eigenvalue weighted by Gasteiger charge is 2.19. The number of fused-ring (bicyclic) bond motifs is 1. The molecule has 0 N–H and O–H groups in total. The first kappa shape index (κ1) is 18.2. The molecule has 1 aromatic heterocycles. The zero-order valence-corrected chi connectivity index (χ0v) is 17.2. The van der Waals surface area contributed by atoms with Gasteiger partial charge in [0.15, 0.2) is 0 Å². The summed E-state index contributed by atoms with van der Waals surface area (Å²) in [5.41, 5.74) is 1.44. The normalized spacial score (nSPS) is 11.2. The van der Waals surface area contributed by atoms with E-state index in [4.69, 9.17) is 4.74 Å². The number of nitrogens with zero attached hydrogens (tertiary/aromatic N) is 2. The largest absolute Gasteiger partial charge is 0.490 e. The maximum atomic E-state index is 13.0. The molecule has 130 valence electrons. The van der Waals surface area contributed by atoms with Crippen LogP contribution in [-0.4, -0.2) is 42.6 Å². The summed E-state index contributed by atoms with van der Waals surface area (Å²) in [5.74, 6) is 0.610. The zero-order chi connectivity index (χ0) is 18.0. The monoisotopic (exact) mass is 464 g/mol. The summed E-state index contributed by atoms with van der Waals surface area (Å²) in [6, 6.07) is 13.1.